The summed E-state index contributed by atoms with van der Waals surface area (Å²) in [7, 11) is -0.0606. The van der Waals surface area contributed by atoms with Gasteiger partial charge in [0.15, 0.2) is 0 Å². The van der Waals surface area contributed by atoms with Gasteiger partial charge in [0, 0.05) is 19.6 Å². The highest BCUT2D eigenvalue weighted by molar-refractivity contribution is 7.87. The zero-order chi connectivity index (χ0) is 12.8. The lowest BCUT2D eigenvalue weighted by atomic mass is 10.3. The van der Waals surface area contributed by atoms with Crippen LogP contribution in [-0.4, -0.2) is 64.2 Å². The number of aliphatic carboxylic acids is 1. The van der Waals surface area contributed by atoms with Gasteiger partial charge in [0.1, 0.15) is 6.04 Å². The number of nitrogens with one attached hydrogen (secondary N) is 2. The van der Waals surface area contributed by atoms with E-state index >= 15 is 0 Å². The Morgan fingerprint density at radius 2 is 2.00 bits per heavy atom. The molecule has 0 unspecified atom stereocenters. The fourth-order valence-electron chi connectivity index (χ4n) is 0.741. The number of likely N-dealkylation sites (N-methyl/N-ethyl adjacent to an activating group) is 1. The highest BCUT2D eigenvalue weighted by atomic mass is 32.2. The molecular weight excluding hydrogens is 236 g/mol. The molecule has 0 spiro atoms. The first-order valence-electron chi connectivity index (χ1n) is 4.62. The van der Waals surface area contributed by atoms with Crippen molar-refractivity contribution in [2.45, 2.75) is 6.04 Å². The van der Waals surface area contributed by atoms with E-state index in [2.05, 4.69) is 9.44 Å². The summed E-state index contributed by atoms with van der Waals surface area (Å²) in [5.74, 6) is -1.25. The first-order valence-corrected chi connectivity index (χ1v) is 6.10. The maximum atomic E-state index is 11.2. The van der Waals surface area contributed by atoms with Crippen LogP contribution in [0.25, 0.3) is 0 Å². The Labute approximate surface area is 95.0 Å². The van der Waals surface area contributed by atoms with Crippen molar-refractivity contribution in [1.82, 2.24) is 14.3 Å². The van der Waals surface area contributed by atoms with E-state index in [1.165, 1.54) is 0 Å². The summed E-state index contributed by atoms with van der Waals surface area (Å²) in [4.78, 5) is 12.1. The number of carboxylic acid groups (broad SMARTS) is 1. The summed E-state index contributed by atoms with van der Waals surface area (Å²) >= 11 is 0. The fraction of sp³-hybridized carbons (Fsp3) is 0.857. The van der Waals surface area contributed by atoms with Gasteiger partial charge in [-0.05, 0) is 14.1 Å². The molecule has 9 heteroatoms. The van der Waals surface area contributed by atoms with Crippen LogP contribution in [0.1, 0.15) is 0 Å². The number of hydrogen-bond acceptors (Lipinski definition) is 5. The minimum atomic E-state index is -3.68. The molecule has 0 amide bonds. The van der Waals surface area contributed by atoms with Crippen molar-refractivity contribution in [3.8, 4) is 0 Å². The van der Waals surface area contributed by atoms with E-state index in [1.807, 2.05) is 19.0 Å². The Kier molecular flexibility index (Phi) is 6.45. The maximum absolute atomic E-state index is 11.2. The Bertz CT molecular complexity index is 316. The SMILES string of the molecule is CN(C)CCNS(=O)(=O)NC[C@H](N)C(=O)O. The molecule has 0 aliphatic carbocycles. The Morgan fingerprint density at radius 3 is 2.44 bits per heavy atom. The van der Waals surface area contributed by atoms with Crippen LogP contribution in [-0.2, 0) is 15.0 Å². The number of rotatable bonds is 8. The zero-order valence-electron chi connectivity index (χ0n) is 9.30. The molecule has 16 heavy (non-hydrogen) atoms. The third-order valence-electron chi connectivity index (χ3n) is 1.66. The van der Waals surface area contributed by atoms with Gasteiger partial charge in [-0.1, -0.05) is 0 Å². The van der Waals surface area contributed by atoms with E-state index < -0.39 is 22.2 Å². The van der Waals surface area contributed by atoms with Gasteiger partial charge in [-0.25, -0.2) is 9.44 Å². The van der Waals surface area contributed by atoms with Crippen molar-refractivity contribution < 1.29 is 18.3 Å². The molecule has 0 aromatic heterocycles. The van der Waals surface area contributed by atoms with Crippen molar-refractivity contribution in [3.63, 3.8) is 0 Å². The summed E-state index contributed by atoms with van der Waals surface area (Å²) in [6.45, 7) is 0.448. The van der Waals surface area contributed by atoms with Crippen LogP contribution >= 0.6 is 0 Å². The normalized spacial score (nSPS) is 14.0. The molecule has 0 saturated carbocycles. The van der Waals surface area contributed by atoms with Gasteiger partial charge in [0.05, 0.1) is 0 Å². The molecule has 8 nitrogen and oxygen atoms in total. The number of carbonyl (C=O) groups is 1. The molecule has 0 aliphatic rings. The standard InChI is InChI=1S/C7H18N4O4S/c1-11(2)4-3-9-16(14,15)10-5-6(8)7(12)13/h6,9-10H,3-5,8H2,1-2H3,(H,12,13)/t6-/m0/s1. The first kappa shape index (κ1) is 15.3. The lowest BCUT2D eigenvalue weighted by molar-refractivity contribution is -0.138. The zero-order valence-corrected chi connectivity index (χ0v) is 10.1. The van der Waals surface area contributed by atoms with Gasteiger partial charge in [0.25, 0.3) is 10.2 Å². The van der Waals surface area contributed by atoms with Crippen molar-refractivity contribution >= 4 is 16.2 Å². The second kappa shape index (κ2) is 6.76. The first-order chi connectivity index (χ1) is 7.24. The lowest BCUT2D eigenvalue weighted by Crippen LogP contribution is -2.47. The van der Waals surface area contributed by atoms with Crippen molar-refractivity contribution in [2.75, 3.05) is 33.7 Å². The van der Waals surface area contributed by atoms with E-state index in [1.54, 1.807) is 0 Å². The summed E-state index contributed by atoms with van der Waals surface area (Å²) in [5.41, 5.74) is 5.14. The van der Waals surface area contributed by atoms with Crippen molar-refractivity contribution in [2.24, 2.45) is 5.73 Å². The van der Waals surface area contributed by atoms with Crippen LogP contribution in [0.15, 0.2) is 0 Å². The molecule has 0 fully saturated rings. The molecule has 0 heterocycles. The predicted octanol–water partition coefficient (Wildman–Crippen LogP) is -2.62. The Balaban J connectivity index is 3.92. The monoisotopic (exact) mass is 254 g/mol. The third kappa shape index (κ3) is 7.54. The van der Waals surface area contributed by atoms with Crippen molar-refractivity contribution in [3.05, 3.63) is 0 Å². The second-order valence-electron chi connectivity index (χ2n) is 3.49. The Hall–Kier alpha value is -0.740. The quantitative estimate of drug-likeness (QED) is 0.376. The van der Waals surface area contributed by atoms with Crippen LogP contribution in [0.2, 0.25) is 0 Å². The minimum Gasteiger partial charge on any atom is -0.480 e. The van der Waals surface area contributed by atoms with Crippen LogP contribution in [0.4, 0.5) is 0 Å². The Morgan fingerprint density at radius 1 is 1.44 bits per heavy atom. The van der Waals surface area contributed by atoms with Gasteiger partial charge in [-0.15, -0.1) is 0 Å². The second-order valence-corrected chi connectivity index (χ2v) is 5.08. The van der Waals surface area contributed by atoms with Crippen LogP contribution < -0.4 is 15.2 Å². The predicted molar refractivity (Wildman–Crippen MR) is 59.1 cm³/mol. The number of hydrogen-bond donors (Lipinski definition) is 4. The smallest absolute Gasteiger partial charge is 0.321 e. The van der Waals surface area contributed by atoms with Crippen LogP contribution in [0.5, 0.6) is 0 Å². The topological polar surface area (TPSA) is 125 Å². The highest BCUT2D eigenvalue weighted by Crippen LogP contribution is 1.81. The third-order valence-corrected chi connectivity index (χ3v) is 2.79. The van der Waals surface area contributed by atoms with Crippen LogP contribution in [0.3, 0.4) is 0 Å². The molecule has 0 aromatic carbocycles. The molecule has 0 bridgehead atoms. The van der Waals surface area contributed by atoms with E-state index in [4.69, 9.17) is 10.8 Å². The summed E-state index contributed by atoms with van der Waals surface area (Å²) in [6, 6.07) is -1.24. The van der Waals surface area contributed by atoms with E-state index in [0.29, 0.717) is 6.54 Å². The summed E-state index contributed by atoms with van der Waals surface area (Å²) in [5, 5.41) is 8.44. The molecule has 96 valence electrons. The molecular formula is C7H18N4O4S. The summed E-state index contributed by atoms with van der Waals surface area (Å²) in [6.07, 6.45) is 0. The largest absolute Gasteiger partial charge is 0.480 e. The van der Waals surface area contributed by atoms with Gasteiger partial charge in [0.2, 0.25) is 0 Å². The summed E-state index contributed by atoms with van der Waals surface area (Å²) < 4.78 is 26.8. The van der Waals surface area contributed by atoms with Gasteiger partial charge < -0.3 is 15.7 Å². The highest BCUT2D eigenvalue weighted by Gasteiger charge is 2.15. The van der Waals surface area contributed by atoms with Gasteiger partial charge in [-0.3, -0.25) is 4.79 Å². The van der Waals surface area contributed by atoms with E-state index in [0.717, 1.165) is 0 Å². The molecule has 5 N–H and O–H groups in total. The van der Waals surface area contributed by atoms with Crippen molar-refractivity contribution in [1.29, 1.82) is 0 Å². The van der Waals surface area contributed by atoms with E-state index in [-0.39, 0.29) is 13.1 Å². The van der Waals surface area contributed by atoms with Gasteiger partial charge >= 0.3 is 5.97 Å². The number of carboxylic acids is 1. The average Bonchev–Trinajstić information content (AvgIpc) is 2.13. The fourth-order valence-corrected chi connectivity index (χ4v) is 1.60. The van der Waals surface area contributed by atoms with E-state index in [9.17, 15) is 13.2 Å². The van der Waals surface area contributed by atoms with Crippen LogP contribution in [0, 0.1) is 0 Å². The maximum Gasteiger partial charge on any atom is 0.321 e. The molecule has 0 aliphatic heterocycles. The number of nitrogens with zero attached hydrogens (tertiary/aromatic N) is 1. The molecule has 0 radical (unpaired) electrons. The van der Waals surface area contributed by atoms with Gasteiger partial charge in [-0.2, -0.15) is 8.42 Å². The molecule has 0 aromatic rings. The molecule has 0 saturated heterocycles. The minimum absolute atomic E-state index is 0.241. The number of nitrogens with two attached hydrogens (primary N) is 1. The molecule has 1 atom stereocenters. The molecule has 0 rings (SSSR count). The lowest BCUT2D eigenvalue weighted by Gasteiger charge is -2.12. The average molecular weight is 254 g/mol.